The van der Waals surface area contributed by atoms with Gasteiger partial charge in [0.2, 0.25) is 0 Å². The molecule has 1 atom stereocenters. The van der Waals surface area contributed by atoms with Gasteiger partial charge in [-0.1, -0.05) is 48.0 Å². The van der Waals surface area contributed by atoms with Gasteiger partial charge in [-0.05, 0) is 18.6 Å². The molecule has 0 fully saturated rings. The summed E-state index contributed by atoms with van der Waals surface area (Å²) in [4.78, 5) is 0. The van der Waals surface area contributed by atoms with E-state index < -0.39 is 6.04 Å². The Hall–Kier alpha value is -2.18. The molecule has 0 heterocycles. The Labute approximate surface area is 112 Å². The Balaban J connectivity index is 2.07. The molecule has 1 unspecified atom stereocenters. The summed E-state index contributed by atoms with van der Waals surface area (Å²) in [6, 6.07) is 15.8. The van der Waals surface area contributed by atoms with Crippen LogP contribution in [0.2, 0.25) is 0 Å². The van der Waals surface area contributed by atoms with Crippen molar-refractivity contribution < 1.29 is 4.39 Å². The standard InChI is InChI=1S/C16H15FN2/c1-12-6-8-13(9-7-12)11-19-16(10-18)14-4-2-3-5-15(14)17/h2-9,16,19H,11H2,1H3. The third-order valence-electron chi connectivity index (χ3n) is 2.98. The first-order chi connectivity index (χ1) is 9.20. The highest BCUT2D eigenvalue weighted by atomic mass is 19.1. The molecule has 0 aromatic heterocycles. The molecule has 3 heteroatoms. The Morgan fingerprint density at radius 2 is 1.84 bits per heavy atom. The first-order valence-corrected chi connectivity index (χ1v) is 6.13. The highest BCUT2D eigenvalue weighted by molar-refractivity contribution is 5.27. The van der Waals surface area contributed by atoms with Gasteiger partial charge >= 0.3 is 0 Å². The largest absolute Gasteiger partial charge is 0.294 e. The van der Waals surface area contributed by atoms with Gasteiger partial charge in [0.05, 0.1) is 6.07 Å². The number of hydrogen-bond donors (Lipinski definition) is 1. The Kier molecular flexibility index (Phi) is 4.27. The van der Waals surface area contributed by atoms with Gasteiger partial charge in [0.1, 0.15) is 11.9 Å². The van der Waals surface area contributed by atoms with Crippen LogP contribution < -0.4 is 5.32 Å². The van der Waals surface area contributed by atoms with Crippen LogP contribution in [0.3, 0.4) is 0 Å². The maximum absolute atomic E-state index is 13.6. The molecule has 1 N–H and O–H groups in total. The van der Waals surface area contributed by atoms with Gasteiger partial charge in [-0.15, -0.1) is 0 Å². The number of nitrogens with one attached hydrogen (secondary N) is 1. The Morgan fingerprint density at radius 3 is 2.47 bits per heavy atom. The van der Waals surface area contributed by atoms with E-state index >= 15 is 0 Å². The molecule has 0 bridgehead atoms. The zero-order chi connectivity index (χ0) is 13.7. The van der Waals surface area contributed by atoms with E-state index in [-0.39, 0.29) is 5.82 Å². The molecule has 0 aliphatic carbocycles. The van der Waals surface area contributed by atoms with Crippen LogP contribution in [0, 0.1) is 24.1 Å². The van der Waals surface area contributed by atoms with E-state index in [1.807, 2.05) is 31.2 Å². The van der Waals surface area contributed by atoms with Gasteiger partial charge in [-0.25, -0.2) is 4.39 Å². The van der Waals surface area contributed by atoms with Crippen molar-refractivity contribution in [2.24, 2.45) is 0 Å². The number of benzene rings is 2. The zero-order valence-electron chi connectivity index (χ0n) is 10.7. The van der Waals surface area contributed by atoms with Crippen LogP contribution in [0.15, 0.2) is 48.5 Å². The summed E-state index contributed by atoms with van der Waals surface area (Å²) >= 11 is 0. The van der Waals surface area contributed by atoms with Crippen LogP contribution in [0.25, 0.3) is 0 Å². The molecule has 19 heavy (non-hydrogen) atoms. The third kappa shape index (κ3) is 3.40. The van der Waals surface area contributed by atoms with Crippen molar-refractivity contribution in [1.29, 1.82) is 5.26 Å². The van der Waals surface area contributed by atoms with Gasteiger partial charge in [0.15, 0.2) is 0 Å². The third-order valence-corrected chi connectivity index (χ3v) is 2.98. The van der Waals surface area contributed by atoms with Crippen LogP contribution in [0.5, 0.6) is 0 Å². The molecular weight excluding hydrogens is 239 g/mol. The van der Waals surface area contributed by atoms with Crippen LogP contribution in [-0.4, -0.2) is 0 Å². The van der Waals surface area contributed by atoms with Crippen LogP contribution in [0.1, 0.15) is 22.7 Å². The van der Waals surface area contributed by atoms with E-state index in [1.54, 1.807) is 18.2 Å². The number of hydrogen-bond acceptors (Lipinski definition) is 2. The molecule has 0 aliphatic rings. The van der Waals surface area contributed by atoms with Crippen LogP contribution in [-0.2, 0) is 6.54 Å². The van der Waals surface area contributed by atoms with Crippen molar-refractivity contribution in [3.63, 3.8) is 0 Å². The lowest BCUT2D eigenvalue weighted by molar-refractivity contribution is 0.562. The summed E-state index contributed by atoms with van der Waals surface area (Å²) in [7, 11) is 0. The van der Waals surface area contributed by atoms with Gasteiger partial charge in [-0.3, -0.25) is 5.32 Å². The van der Waals surface area contributed by atoms with Gasteiger partial charge < -0.3 is 0 Å². The lowest BCUT2D eigenvalue weighted by Gasteiger charge is -2.12. The Morgan fingerprint density at radius 1 is 1.16 bits per heavy atom. The van der Waals surface area contributed by atoms with E-state index in [1.165, 1.54) is 11.6 Å². The van der Waals surface area contributed by atoms with Gasteiger partial charge in [0.25, 0.3) is 0 Å². The highest BCUT2D eigenvalue weighted by Crippen LogP contribution is 2.16. The predicted octanol–water partition coefficient (Wildman–Crippen LogP) is 3.49. The average Bonchev–Trinajstić information content (AvgIpc) is 2.43. The fourth-order valence-electron chi connectivity index (χ4n) is 1.86. The Bertz CT molecular complexity index is 584. The van der Waals surface area contributed by atoms with E-state index in [0.717, 1.165) is 5.56 Å². The lowest BCUT2D eigenvalue weighted by atomic mass is 10.1. The van der Waals surface area contributed by atoms with Crippen LogP contribution >= 0.6 is 0 Å². The number of rotatable bonds is 4. The first kappa shape index (κ1) is 13.3. The summed E-state index contributed by atoms with van der Waals surface area (Å²) in [6.45, 7) is 2.56. The number of aryl methyl sites for hydroxylation is 1. The van der Waals surface area contributed by atoms with Crippen LogP contribution in [0.4, 0.5) is 4.39 Å². The molecule has 2 rings (SSSR count). The second-order valence-corrected chi connectivity index (χ2v) is 4.45. The van der Waals surface area contributed by atoms with E-state index in [2.05, 4.69) is 11.4 Å². The maximum Gasteiger partial charge on any atom is 0.129 e. The molecule has 2 nitrogen and oxygen atoms in total. The van der Waals surface area contributed by atoms with Gasteiger partial charge in [-0.2, -0.15) is 5.26 Å². The minimum absolute atomic E-state index is 0.356. The average molecular weight is 254 g/mol. The molecule has 0 radical (unpaired) electrons. The predicted molar refractivity (Wildman–Crippen MR) is 72.8 cm³/mol. The summed E-state index contributed by atoms with van der Waals surface area (Å²) in [5, 5.41) is 12.2. The molecule has 0 saturated heterocycles. The van der Waals surface area contributed by atoms with Crippen molar-refractivity contribution in [3.05, 3.63) is 71.0 Å². The maximum atomic E-state index is 13.6. The summed E-state index contributed by atoms with van der Waals surface area (Å²) < 4.78 is 13.6. The summed E-state index contributed by atoms with van der Waals surface area (Å²) in [5.74, 6) is -0.356. The number of halogens is 1. The summed E-state index contributed by atoms with van der Waals surface area (Å²) in [5.41, 5.74) is 2.65. The van der Waals surface area contributed by atoms with Crippen molar-refractivity contribution in [3.8, 4) is 6.07 Å². The zero-order valence-corrected chi connectivity index (χ0v) is 10.7. The fourth-order valence-corrected chi connectivity index (χ4v) is 1.86. The van der Waals surface area contributed by atoms with E-state index in [9.17, 15) is 4.39 Å². The smallest absolute Gasteiger partial charge is 0.129 e. The van der Waals surface area contributed by atoms with E-state index in [4.69, 9.17) is 5.26 Å². The second kappa shape index (κ2) is 6.12. The molecule has 0 aliphatic heterocycles. The van der Waals surface area contributed by atoms with Gasteiger partial charge in [0, 0.05) is 12.1 Å². The minimum Gasteiger partial charge on any atom is -0.294 e. The second-order valence-electron chi connectivity index (χ2n) is 4.45. The van der Waals surface area contributed by atoms with Crippen molar-refractivity contribution in [1.82, 2.24) is 5.32 Å². The lowest BCUT2D eigenvalue weighted by Crippen LogP contribution is -2.20. The minimum atomic E-state index is -0.637. The number of nitrogens with zero attached hydrogens (tertiary/aromatic N) is 1. The fraction of sp³-hybridized carbons (Fsp3) is 0.188. The first-order valence-electron chi connectivity index (χ1n) is 6.13. The summed E-state index contributed by atoms with van der Waals surface area (Å²) in [6.07, 6.45) is 0. The topological polar surface area (TPSA) is 35.8 Å². The molecule has 2 aromatic carbocycles. The highest BCUT2D eigenvalue weighted by Gasteiger charge is 2.13. The monoisotopic (exact) mass is 254 g/mol. The van der Waals surface area contributed by atoms with Crippen molar-refractivity contribution in [2.75, 3.05) is 0 Å². The number of nitriles is 1. The molecule has 0 spiro atoms. The van der Waals surface area contributed by atoms with Crippen molar-refractivity contribution in [2.45, 2.75) is 19.5 Å². The SMILES string of the molecule is Cc1ccc(CNC(C#N)c2ccccc2F)cc1. The molecule has 0 amide bonds. The van der Waals surface area contributed by atoms with Crippen molar-refractivity contribution >= 4 is 0 Å². The molecule has 0 saturated carbocycles. The molecule has 96 valence electrons. The normalized spacial score (nSPS) is 11.8. The van der Waals surface area contributed by atoms with E-state index in [0.29, 0.717) is 12.1 Å². The molecular formula is C16H15FN2. The quantitative estimate of drug-likeness (QED) is 0.906. The molecule has 2 aromatic rings.